The molecule has 0 spiro atoms. The molecule has 8 heteroatoms. The Labute approximate surface area is 195 Å². The summed E-state index contributed by atoms with van der Waals surface area (Å²) < 4.78 is 30.2. The van der Waals surface area contributed by atoms with Crippen molar-refractivity contribution < 1.29 is 21.6 Å². The van der Waals surface area contributed by atoms with Crippen molar-refractivity contribution in [2.24, 2.45) is 5.73 Å². The third kappa shape index (κ3) is 21.1. The molecular weight excluding hydrogens is 389 g/mol. The fourth-order valence-electron chi connectivity index (χ4n) is 3.10. The summed E-state index contributed by atoms with van der Waals surface area (Å²) >= 11 is 0. The number of unbranched alkanes of at least 4 members (excludes halogenated alkanes) is 13. The Kier molecular flexibility index (Phi) is 22.5. The predicted molar refractivity (Wildman–Crippen MR) is 117 cm³/mol. The molecular formula is C20H42NNaO5S. The second-order valence-corrected chi connectivity index (χ2v) is 8.70. The van der Waals surface area contributed by atoms with Crippen LogP contribution < -0.4 is 5.73 Å². The minimum atomic E-state index is -4.22. The van der Waals surface area contributed by atoms with Gasteiger partial charge in [0.2, 0.25) is 0 Å². The van der Waals surface area contributed by atoms with Gasteiger partial charge in [0.25, 0.3) is 0 Å². The van der Waals surface area contributed by atoms with Gasteiger partial charge in [0.05, 0.1) is 13.5 Å². The van der Waals surface area contributed by atoms with Crippen molar-refractivity contribution in [2.45, 2.75) is 116 Å². The van der Waals surface area contributed by atoms with Gasteiger partial charge in [-0.2, -0.15) is 8.42 Å². The van der Waals surface area contributed by atoms with Crippen molar-refractivity contribution in [3.63, 3.8) is 0 Å². The van der Waals surface area contributed by atoms with Gasteiger partial charge >= 0.3 is 45.9 Å². The average molecular weight is 432 g/mol. The molecule has 1 atom stereocenters. The normalized spacial score (nSPS) is 12.4. The van der Waals surface area contributed by atoms with Crippen LogP contribution in [0.1, 0.15) is 110 Å². The van der Waals surface area contributed by atoms with E-state index in [0.717, 1.165) is 20.0 Å². The molecule has 0 aromatic rings. The first-order valence-corrected chi connectivity index (χ1v) is 12.0. The van der Waals surface area contributed by atoms with Crippen LogP contribution >= 0.6 is 0 Å². The number of nitrogens with two attached hydrogens (primary N) is 1. The second-order valence-electron chi connectivity index (χ2n) is 7.38. The summed E-state index contributed by atoms with van der Waals surface area (Å²) in [5.74, 6) is -0.866. The molecule has 6 nitrogen and oxygen atoms in total. The van der Waals surface area contributed by atoms with Crippen LogP contribution in [0.2, 0.25) is 0 Å². The van der Waals surface area contributed by atoms with Crippen LogP contribution in [-0.4, -0.2) is 57.1 Å². The van der Waals surface area contributed by atoms with Crippen LogP contribution in [-0.2, 0) is 23.6 Å². The Balaban J connectivity index is 0. The predicted octanol–water partition coefficient (Wildman–Crippen LogP) is 4.36. The monoisotopic (exact) mass is 431 g/mol. The van der Waals surface area contributed by atoms with Gasteiger partial charge in [0.1, 0.15) is 0 Å². The molecule has 28 heavy (non-hydrogen) atoms. The Morgan fingerprint density at radius 3 is 1.61 bits per heavy atom. The summed E-state index contributed by atoms with van der Waals surface area (Å²) in [5, 5.41) is 0. The Hall–Kier alpha value is 0.340. The maximum atomic E-state index is 11.4. The third-order valence-corrected chi connectivity index (χ3v) is 5.55. The van der Waals surface area contributed by atoms with E-state index in [2.05, 4.69) is 15.3 Å². The first-order valence-electron chi connectivity index (χ1n) is 10.7. The topological polar surface area (TPSA) is 95.7 Å². The second kappa shape index (κ2) is 20.6. The molecule has 0 radical (unpaired) electrons. The molecule has 164 valence electrons. The van der Waals surface area contributed by atoms with E-state index in [1.807, 2.05) is 0 Å². The molecule has 0 fully saturated rings. The van der Waals surface area contributed by atoms with Crippen LogP contribution in [0.25, 0.3) is 0 Å². The molecule has 0 aliphatic carbocycles. The molecule has 0 rings (SSSR count). The van der Waals surface area contributed by atoms with Gasteiger partial charge in [-0.15, -0.1) is 0 Å². The Morgan fingerprint density at radius 2 is 1.21 bits per heavy atom. The van der Waals surface area contributed by atoms with Gasteiger partial charge in [-0.3, -0.25) is 4.79 Å². The van der Waals surface area contributed by atoms with E-state index >= 15 is 0 Å². The molecule has 0 aromatic heterocycles. The van der Waals surface area contributed by atoms with Crippen LogP contribution in [0.5, 0.6) is 0 Å². The van der Waals surface area contributed by atoms with Gasteiger partial charge < -0.3 is 9.92 Å². The number of rotatable bonds is 19. The Morgan fingerprint density at radius 1 is 0.821 bits per heavy atom. The van der Waals surface area contributed by atoms with Crippen LogP contribution in [0.15, 0.2) is 0 Å². The van der Waals surface area contributed by atoms with Crippen molar-refractivity contribution in [3.05, 3.63) is 0 Å². The van der Waals surface area contributed by atoms with Gasteiger partial charge in [-0.25, -0.2) is 4.18 Å². The van der Waals surface area contributed by atoms with E-state index in [0.29, 0.717) is 6.42 Å². The van der Waals surface area contributed by atoms with Crippen molar-refractivity contribution >= 4 is 45.9 Å². The van der Waals surface area contributed by atoms with Crippen LogP contribution in [0.4, 0.5) is 0 Å². The van der Waals surface area contributed by atoms with Crippen molar-refractivity contribution in [1.82, 2.24) is 0 Å². The molecule has 0 aliphatic rings. The zero-order valence-corrected chi connectivity index (χ0v) is 18.2. The zero-order chi connectivity index (χ0) is 20.4. The van der Waals surface area contributed by atoms with Gasteiger partial charge in [0.15, 0.2) is 0 Å². The molecule has 0 aromatic carbocycles. The van der Waals surface area contributed by atoms with E-state index < -0.39 is 16.4 Å². The van der Waals surface area contributed by atoms with Crippen LogP contribution in [0, 0.1) is 0 Å². The molecule has 0 aliphatic heterocycles. The van der Waals surface area contributed by atoms with Crippen LogP contribution in [0.3, 0.4) is 0 Å². The number of hydrogen-bond donors (Lipinski definition) is 1. The third-order valence-electron chi connectivity index (χ3n) is 4.76. The van der Waals surface area contributed by atoms with Crippen molar-refractivity contribution in [3.8, 4) is 0 Å². The molecule has 2 N–H and O–H groups in total. The molecule has 0 saturated heterocycles. The standard InChI is InChI=1S/C20H41NO5S.Na.H/c1-3-4-5-6-7-8-9-10-11-12-13-14-15-16-17-19(21)18-20(22)26-27(23,24)25-2;;/h19H,3-18,21H2,1-2H3;;. The van der Waals surface area contributed by atoms with Crippen molar-refractivity contribution in [1.29, 1.82) is 0 Å². The van der Waals surface area contributed by atoms with E-state index in [9.17, 15) is 13.2 Å². The number of carbonyl (C=O) groups excluding carboxylic acids is 1. The van der Waals surface area contributed by atoms with E-state index in [-0.39, 0.29) is 42.0 Å². The summed E-state index contributed by atoms with van der Waals surface area (Å²) in [5.41, 5.74) is 5.85. The zero-order valence-electron chi connectivity index (χ0n) is 17.4. The first-order chi connectivity index (χ1) is 12.9. The van der Waals surface area contributed by atoms with Gasteiger partial charge in [0, 0.05) is 6.04 Å². The van der Waals surface area contributed by atoms with Gasteiger partial charge in [-0.05, 0) is 6.42 Å². The summed E-state index contributed by atoms with van der Waals surface area (Å²) in [6.45, 7) is 2.25. The number of hydrogen-bond acceptors (Lipinski definition) is 6. The fraction of sp³-hybridized carbons (Fsp3) is 0.950. The average Bonchev–Trinajstić information content (AvgIpc) is 2.61. The quantitative estimate of drug-likeness (QED) is 0.241. The summed E-state index contributed by atoms with van der Waals surface area (Å²) in [4.78, 5) is 11.4. The summed E-state index contributed by atoms with van der Waals surface area (Å²) in [7, 11) is -3.28. The minimum absolute atomic E-state index is 0. The maximum absolute atomic E-state index is 11.4. The molecule has 0 amide bonds. The SMILES string of the molecule is CCCCCCCCCCCCCCCCC(N)CC(=O)OS(=O)(=O)OC.[NaH]. The number of carbonyl (C=O) groups is 1. The van der Waals surface area contributed by atoms with Crippen molar-refractivity contribution in [2.75, 3.05) is 7.11 Å². The van der Waals surface area contributed by atoms with E-state index in [4.69, 9.17) is 5.73 Å². The molecule has 1 unspecified atom stereocenters. The molecule has 0 saturated carbocycles. The molecule has 0 bridgehead atoms. The summed E-state index contributed by atoms with van der Waals surface area (Å²) in [6.07, 6.45) is 18.7. The first kappa shape index (κ1) is 30.5. The van der Waals surface area contributed by atoms with E-state index in [1.165, 1.54) is 77.0 Å². The van der Waals surface area contributed by atoms with Gasteiger partial charge in [-0.1, -0.05) is 96.8 Å². The Bertz CT molecular complexity index is 460. The fourth-order valence-corrected chi connectivity index (χ4v) is 3.46. The summed E-state index contributed by atoms with van der Waals surface area (Å²) in [6, 6.07) is -0.373. The van der Waals surface area contributed by atoms with E-state index in [1.54, 1.807) is 0 Å². The molecule has 0 heterocycles.